The second-order valence-corrected chi connectivity index (χ2v) is 12.2. The maximum Gasteiger partial charge on any atom is 0.261 e. The van der Waals surface area contributed by atoms with Gasteiger partial charge in [-0.15, -0.1) is 0 Å². The Morgan fingerprint density at radius 3 is 2.42 bits per heavy atom. The van der Waals surface area contributed by atoms with Crippen LogP contribution in [0.5, 0.6) is 0 Å². The van der Waals surface area contributed by atoms with Crippen molar-refractivity contribution >= 4 is 21.9 Å². The number of nitrogens with one attached hydrogen (secondary N) is 1. The normalized spacial score (nSPS) is 21.9. The van der Waals surface area contributed by atoms with Crippen LogP contribution in [-0.2, 0) is 22.9 Å². The lowest BCUT2D eigenvalue weighted by Crippen LogP contribution is -2.37. The molecule has 0 unspecified atom stereocenters. The lowest BCUT2D eigenvalue weighted by atomic mass is 9.71. The van der Waals surface area contributed by atoms with Crippen molar-refractivity contribution in [3.63, 3.8) is 0 Å². The molecule has 31 heavy (non-hydrogen) atoms. The van der Waals surface area contributed by atoms with Crippen molar-refractivity contribution in [2.45, 2.75) is 95.4 Å². The molecule has 4 rings (SSSR count). The third-order valence-electron chi connectivity index (χ3n) is 6.77. The minimum Gasteiger partial charge on any atom is -0.296 e. The summed E-state index contributed by atoms with van der Waals surface area (Å²) in [5.41, 5.74) is 1.77. The van der Waals surface area contributed by atoms with E-state index in [1.807, 2.05) is 46.8 Å². The van der Waals surface area contributed by atoms with Gasteiger partial charge in [-0.25, -0.2) is 22.7 Å². The van der Waals surface area contributed by atoms with Crippen LogP contribution in [0, 0.1) is 6.92 Å². The molecule has 2 heterocycles. The van der Waals surface area contributed by atoms with Crippen LogP contribution in [0.4, 0.5) is 8.78 Å². The standard InChI is InChI=1S/C23H31F2N3O2S/c1-14-12-16(15(2)27-31(30)21(3,4)5)18-17(13-14)19(29)28-11-10-22(20(28)26-18)6-8-23(24,25)9-7-22/h12-13,15,27H,6-11H2,1-5H3/t15-,31-/m1/s1. The predicted octanol–water partition coefficient (Wildman–Crippen LogP) is 4.67. The first-order valence-corrected chi connectivity index (χ1v) is 12.1. The van der Waals surface area contributed by atoms with E-state index in [1.165, 1.54) is 0 Å². The van der Waals surface area contributed by atoms with Crippen LogP contribution in [-0.4, -0.2) is 24.4 Å². The number of halogens is 2. The Kier molecular flexibility index (Phi) is 5.41. The van der Waals surface area contributed by atoms with E-state index >= 15 is 0 Å². The largest absolute Gasteiger partial charge is 0.296 e. The first kappa shape index (κ1) is 22.5. The average molecular weight is 452 g/mol. The van der Waals surface area contributed by atoms with Gasteiger partial charge in [-0.1, -0.05) is 6.07 Å². The smallest absolute Gasteiger partial charge is 0.261 e. The second-order valence-electron chi connectivity index (χ2n) is 10.2. The molecule has 1 fully saturated rings. The fourth-order valence-corrected chi connectivity index (χ4v) is 5.65. The van der Waals surface area contributed by atoms with Gasteiger partial charge in [0.25, 0.3) is 5.56 Å². The number of aryl methyl sites for hydroxylation is 1. The summed E-state index contributed by atoms with van der Waals surface area (Å²) < 4.78 is 44.8. The minimum absolute atomic E-state index is 0.108. The Morgan fingerprint density at radius 1 is 1.16 bits per heavy atom. The fourth-order valence-electron chi connectivity index (χ4n) is 4.85. The average Bonchev–Trinajstić information content (AvgIpc) is 3.02. The van der Waals surface area contributed by atoms with E-state index < -0.39 is 27.1 Å². The molecule has 0 radical (unpaired) electrons. The summed E-state index contributed by atoms with van der Waals surface area (Å²) in [6, 6.07) is 3.53. The minimum atomic E-state index is -2.63. The van der Waals surface area contributed by atoms with Crippen molar-refractivity contribution in [1.29, 1.82) is 0 Å². The summed E-state index contributed by atoms with van der Waals surface area (Å²) in [4.78, 5) is 18.3. The van der Waals surface area contributed by atoms with Crippen LogP contribution < -0.4 is 10.3 Å². The number of aromatic nitrogens is 2. The van der Waals surface area contributed by atoms with E-state index in [2.05, 4.69) is 4.72 Å². The molecule has 5 nitrogen and oxygen atoms in total. The van der Waals surface area contributed by atoms with E-state index in [4.69, 9.17) is 4.98 Å². The lowest BCUT2D eigenvalue weighted by Gasteiger charge is -2.36. The summed E-state index contributed by atoms with van der Waals surface area (Å²) in [6.07, 6.45) is 1.05. The SMILES string of the molecule is Cc1cc([C@@H](C)N[S@](=O)C(C)(C)C)c2nc3n(c(=O)c2c1)CCC31CCC(F)(F)CC1. The topological polar surface area (TPSA) is 64.0 Å². The molecule has 1 saturated carbocycles. The predicted molar refractivity (Wildman–Crippen MR) is 120 cm³/mol. The van der Waals surface area contributed by atoms with E-state index in [0.717, 1.165) is 11.1 Å². The number of hydrogen-bond donors (Lipinski definition) is 1. The summed E-state index contributed by atoms with van der Waals surface area (Å²) >= 11 is 0. The molecule has 170 valence electrons. The Morgan fingerprint density at radius 2 is 1.81 bits per heavy atom. The Hall–Kier alpha value is -1.67. The van der Waals surface area contributed by atoms with Gasteiger partial charge in [0.2, 0.25) is 5.92 Å². The zero-order valence-corrected chi connectivity index (χ0v) is 19.7. The lowest BCUT2D eigenvalue weighted by molar-refractivity contribution is -0.0523. The molecule has 2 aromatic rings. The molecule has 0 saturated heterocycles. The van der Waals surface area contributed by atoms with Crippen LogP contribution in [0.1, 0.15) is 82.8 Å². The number of rotatable bonds is 3. The molecule has 1 aliphatic heterocycles. The summed E-state index contributed by atoms with van der Waals surface area (Å²) in [7, 11) is -1.29. The third kappa shape index (κ3) is 3.97. The second kappa shape index (κ2) is 7.44. The Bertz CT molecular complexity index is 1110. The molecule has 1 spiro atoms. The highest BCUT2D eigenvalue weighted by Crippen LogP contribution is 2.49. The number of nitrogens with zero attached hydrogens (tertiary/aromatic N) is 2. The van der Waals surface area contributed by atoms with Gasteiger partial charge >= 0.3 is 0 Å². The monoisotopic (exact) mass is 451 g/mol. The molecular weight excluding hydrogens is 420 g/mol. The summed E-state index contributed by atoms with van der Waals surface area (Å²) in [6.45, 7) is 10.1. The van der Waals surface area contributed by atoms with Gasteiger partial charge in [0, 0.05) is 30.8 Å². The van der Waals surface area contributed by atoms with E-state index in [1.54, 1.807) is 4.57 Å². The Labute approximate surface area is 184 Å². The number of benzene rings is 1. The number of alkyl halides is 2. The van der Waals surface area contributed by atoms with Gasteiger partial charge in [-0.3, -0.25) is 9.36 Å². The molecule has 2 aliphatic rings. The number of hydrogen-bond acceptors (Lipinski definition) is 3. The van der Waals surface area contributed by atoms with Crippen molar-refractivity contribution < 1.29 is 13.0 Å². The van der Waals surface area contributed by atoms with Gasteiger partial charge in [-0.05, 0) is 71.1 Å². The summed E-state index contributed by atoms with van der Waals surface area (Å²) in [5.74, 6) is -1.98. The highest BCUT2D eigenvalue weighted by Gasteiger charge is 2.49. The molecule has 2 atom stereocenters. The van der Waals surface area contributed by atoms with Gasteiger partial charge < -0.3 is 0 Å². The molecule has 0 amide bonds. The summed E-state index contributed by atoms with van der Waals surface area (Å²) in [5, 5.41) is 0.534. The van der Waals surface area contributed by atoms with Crippen molar-refractivity contribution in [3.8, 4) is 0 Å². The zero-order valence-electron chi connectivity index (χ0n) is 18.8. The third-order valence-corrected chi connectivity index (χ3v) is 8.45. The molecule has 8 heteroatoms. The Balaban J connectivity index is 1.83. The molecule has 1 aromatic carbocycles. The van der Waals surface area contributed by atoms with Crippen molar-refractivity contribution in [3.05, 3.63) is 39.4 Å². The molecular formula is C23H31F2N3O2S. The maximum absolute atomic E-state index is 13.9. The highest BCUT2D eigenvalue weighted by molar-refractivity contribution is 7.84. The molecule has 0 bridgehead atoms. The van der Waals surface area contributed by atoms with Crippen LogP contribution >= 0.6 is 0 Å². The fraction of sp³-hybridized carbons (Fsp3) is 0.652. The van der Waals surface area contributed by atoms with E-state index in [9.17, 15) is 17.8 Å². The number of fused-ring (bicyclic) bond motifs is 3. The zero-order chi connectivity index (χ0) is 22.8. The first-order valence-electron chi connectivity index (χ1n) is 10.9. The van der Waals surface area contributed by atoms with Crippen LogP contribution in [0.25, 0.3) is 10.9 Å². The molecule has 1 N–H and O–H groups in total. The van der Waals surface area contributed by atoms with Crippen molar-refractivity contribution in [2.24, 2.45) is 0 Å². The van der Waals surface area contributed by atoms with Gasteiger partial charge in [0.15, 0.2) is 0 Å². The highest BCUT2D eigenvalue weighted by atomic mass is 32.2. The van der Waals surface area contributed by atoms with Crippen LogP contribution in [0.3, 0.4) is 0 Å². The van der Waals surface area contributed by atoms with Crippen LogP contribution in [0.2, 0.25) is 0 Å². The molecule has 1 aliphatic carbocycles. The van der Waals surface area contributed by atoms with Crippen molar-refractivity contribution in [2.75, 3.05) is 0 Å². The van der Waals surface area contributed by atoms with Crippen LogP contribution in [0.15, 0.2) is 16.9 Å². The van der Waals surface area contributed by atoms with Crippen molar-refractivity contribution in [1.82, 2.24) is 14.3 Å². The maximum atomic E-state index is 13.9. The van der Waals surface area contributed by atoms with Gasteiger partial charge in [-0.2, -0.15) is 0 Å². The van der Waals surface area contributed by atoms with E-state index in [0.29, 0.717) is 42.5 Å². The van der Waals surface area contributed by atoms with Gasteiger partial charge in [0.1, 0.15) is 5.82 Å². The van der Waals surface area contributed by atoms with E-state index in [-0.39, 0.29) is 24.4 Å². The first-order chi connectivity index (χ1) is 14.3. The quantitative estimate of drug-likeness (QED) is 0.738. The molecule has 1 aromatic heterocycles. The van der Waals surface area contributed by atoms with Gasteiger partial charge in [0.05, 0.1) is 26.6 Å².